The van der Waals surface area contributed by atoms with E-state index >= 15 is 0 Å². The van der Waals surface area contributed by atoms with Gasteiger partial charge in [0.25, 0.3) is 5.91 Å². The molecular formula is C18H19ClF3N3O2. The second-order valence-electron chi connectivity index (χ2n) is 5.95. The van der Waals surface area contributed by atoms with E-state index in [0.29, 0.717) is 6.54 Å². The van der Waals surface area contributed by atoms with Crippen molar-refractivity contribution in [2.24, 2.45) is 0 Å². The van der Waals surface area contributed by atoms with Crippen LogP contribution in [-0.2, 0) is 6.42 Å². The molecule has 0 radical (unpaired) electrons. The van der Waals surface area contributed by atoms with Gasteiger partial charge in [-0.2, -0.15) is 13.2 Å². The molecule has 27 heavy (non-hydrogen) atoms. The summed E-state index contributed by atoms with van der Waals surface area (Å²) in [6.45, 7) is -0.176. The molecule has 1 unspecified atom stereocenters. The number of pyridine rings is 1. The molecule has 1 atom stereocenters. The third-order valence-corrected chi connectivity index (χ3v) is 4.06. The average Bonchev–Trinajstić information content (AvgIpc) is 2.64. The molecule has 0 aliphatic carbocycles. The number of carbonyl (C=O) groups excluding carboxylic acids is 1. The lowest BCUT2D eigenvalue weighted by atomic mass is 9.94. The maximum absolute atomic E-state index is 12.2. The van der Waals surface area contributed by atoms with Crippen LogP contribution in [0.5, 0.6) is 5.88 Å². The van der Waals surface area contributed by atoms with Crippen LogP contribution in [0.3, 0.4) is 0 Å². The number of amides is 1. The largest absolute Gasteiger partial charge is 0.468 e. The molecular weight excluding hydrogens is 383 g/mol. The molecule has 1 aliphatic rings. The molecule has 2 N–H and O–H groups in total. The van der Waals surface area contributed by atoms with Gasteiger partial charge in [0.1, 0.15) is 0 Å². The van der Waals surface area contributed by atoms with Crippen molar-refractivity contribution in [1.29, 1.82) is 0 Å². The van der Waals surface area contributed by atoms with E-state index < -0.39 is 12.8 Å². The maximum Gasteiger partial charge on any atom is 0.422 e. The summed E-state index contributed by atoms with van der Waals surface area (Å²) in [7, 11) is 0. The summed E-state index contributed by atoms with van der Waals surface area (Å²) in [5, 5.41) is 6.19. The number of nitrogens with one attached hydrogen (secondary N) is 2. The molecule has 3 rings (SSSR count). The molecule has 0 bridgehead atoms. The van der Waals surface area contributed by atoms with Gasteiger partial charge < -0.3 is 15.4 Å². The maximum atomic E-state index is 12.2. The number of carbonyl (C=O) groups is 1. The molecule has 9 heteroatoms. The molecule has 1 aliphatic heterocycles. The number of hydrogen-bond acceptors (Lipinski definition) is 4. The Bertz CT molecular complexity index is 769. The SMILES string of the molecule is Cl.O=C(NCC1NCCc2ccccc21)c1ccc(OCC(F)(F)F)nc1. The lowest BCUT2D eigenvalue weighted by molar-refractivity contribution is -0.154. The minimum Gasteiger partial charge on any atom is -0.468 e. The van der Waals surface area contributed by atoms with E-state index in [9.17, 15) is 18.0 Å². The quantitative estimate of drug-likeness (QED) is 0.808. The van der Waals surface area contributed by atoms with E-state index in [0.717, 1.165) is 18.5 Å². The van der Waals surface area contributed by atoms with E-state index in [-0.39, 0.29) is 35.8 Å². The second-order valence-corrected chi connectivity index (χ2v) is 5.95. The van der Waals surface area contributed by atoms with Crippen LogP contribution < -0.4 is 15.4 Å². The monoisotopic (exact) mass is 401 g/mol. The molecule has 0 saturated heterocycles. The molecule has 5 nitrogen and oxygen atoms in total. The van der Waals surface area contributed by atoms with Crippen LogP contribution in [0.25, 0.3) is 0 Å². The first-order valence-electron chi connectivity index (χ1n) is 8.17. The van der Waals surface area contributed by atoms with Gasteiger partial charge in [0.05, 0.1) is 5.56 Å². The van der Waals surface area contributed by atoms with Gasteiger partial charge in [0.15, 0.2) is 6.61 Å². The van der Waals surface area contributed by atoms with E-state index in [1.54, 1.807) is 0 Å². The van der Waals surface area contributed by atoms with Crippen LogP contribution in [0.4, 0.5) is 13.2 Å². The summed E-state index contributed by atoms with van der Waals surface area (Å²) in [4.78, 5) is 16.0. The van der Waals surface area contributed by atoms with Crippen LogP contribution in [-0.4, -0.2) is 36.8 Å². The number of hydrogen-bond donors (Lipinski definition) is 2. The van der Waals surface area contributed by atoms with Gasteiger partial charge in [-0.1, -0.05) is 24.3 Å². The van der Waals surface area contributed by atoms with Crippen LogP contribution >= 0.6 is 12.4 Å². The predicted octanol–water partition coefficient (Wildman–Crippen LogP) is 3.06. The Morgan fingerprint density at radius 2 is 2.04 bits per heavy atom. The van der Waals surface area contributed by atoms with Crippen LogP contribution in [0, 0.1) is 0 Å². The number of ether oxygens (including phenoxy) is 1. The first-order valence-corrected chi connectivity index (χ1v) is 8.17. The van der Waals surface area contributed by atoms with E-state index in [1.165, 1.54) is 23.9 Å². The highest BCUT2D eigenvalue weighted by Crippen LogP contribution is 2.22. The number of rotatable bonds is 5. The van der Waals surface area contributed by atoms with E-state index in [1.807, 2.05) is 18.2 Å². The van der Waals surface area contributed by atoms with Gasteiger partial charge in [0.2, 0.25) is 5.88 Å². The number of aromatic nitrogens is 1. The van der Waals surface area contributed by atoms with Crippen molar-refractivity contribution < 1.29 is 22.7 Å². The minimum atomic E-state index is -4.43. The third-order valence-electron chi connectivity index (χ3n) is 4.06. The fraction of sp³-hybridized carbons (Fsp3) is 0.333. The molecule has 1 amide bonds. The highest BCUT2D eigenvalue weighted by atomic mass is 35.5. The lowest BCUT2D eigenvalue weighted by Gasteiger charge is -2.27. The summed E-state index contributed by atoms with van der Waals surface area (Å²) in [6, 6.07) is 10.7. The summed E-state index contributed by atoms with van der Waals surface area (Å²) < 4.78 is 40.8. The fourth-order valence-electron chi connectivity index (χ4n) is 2.83. The molecule has 2 heterocycles. The summed E-state index contributed by atoms with van der Waals surface area (Å²) >= 11 is 0. The predicted molar refractivity (Wildman–Crippen MR) is 96.3 cm³/mol. The molecule has 0 fully saturated rings. The molecule has 146 valence electrons. The van der Waals surface area contributed by atoms with Crippen molar-refractivity contribution in [2.75, 3.05) is 19.7 Å². The second kappa shape index (κ2) is 9.05. The number of nitrogens with zero attached hydrogens (tertiary/aromatic N) is 1. The van der Waals surface area contributed by atoms with Crippen molar-refractivity contribution >= 4 is 18.3 Å². The number of fused-ring (bicyclic) bond motifs is 1. The number of halogens is 4. The third kappa shape index (κ3) is 5.83. The van der Waals surface area contributed by atoms with Gasteiger partial charge in [-0.15, -0.1) is 12.4 Å². The van der Waals surface area contributed by atoms with E-state index in [2.05, 4.69) is 26.4 Å². The number of alkyl halides is 3. The van der Waals surface area contributed by atoms with Crippen LogP contribution in [0.1, 0.15) is 27.5 Å². The van der Waals surface area contributed by atoms with Gasteiger partial charge in [-0.3, -0.25) is 4.79 Å². The Morgan fingerprint density at radius 1 is 1.26 bits per heavy atom. The van der Waals surface area contributed by atoms with Crippen molar-refractivity contribution in [3.8, 4) is 5.88 Å². The Kier molecular flexibility index (Phi) is 7.04. The molecule has 1 aromatic carbocycles. The summed E-state index contributed by atoms with van der Waals surface area (Å²) in [5.41, 5.74) is 2.68. The molecule has 1 aromatic heterocycles. The van der Waals surface area contributed by atoms with Crippen molar-refractivity contribution in [2.45, 2.75) is 18.6 Å². The Hall–Kier alpha value is -2.32. The average molecular weight is 402 g/mol. The highest BCUT2D eigenvalue weighted by molar-refractivity contribution is 5.93. The topological polar surface area (TPSA) is 63.2 Å². The molecule has 0 saturated carbocycles. The van der Waals surface area contributed by atoms with Crippen molar-refractivity contribution in [3.63, 3.8) is 0 Å². The zero-order valence-corrected chi connectivity index (χ0v) is 15.1. The van der Waals surface area contributed by atoms with Crippen LogP contribution in [0.2, 0.25) is 0 Å². The smallest absolute Gasteiger partial charge is 0.422 e. The first-order chi connectivity index (χ1) is 12.4. The van der Waals surface area contributed by atoms with Gasteiger partial charge in [-0.05, 0) is 30.2 Å². The Morgan fingerprint density at radius 3 is 2.74 bits per heavy atom. The Balaban J connectivity index is 0.00000261. The lowest BCUT2D eigenvalue weighted by Crippen LogP contribution is -2.38. The van der Waals surface area contributed by atoms with E-state index in [4.69, 9.17) is 0 Å². The normalized spacial score (nSPS) is 16.0. The Labute approximate surface area is 160 Å². The zero-order valence-electron chi connectivity index (χ0n) is 14.3. The van der Waals surface area contributed by atoms with Crippen molar-refractivity contribution in [1.82, 2.24) is 15.6 Å². The van der Waals surface area contributed by atoms with Gasteiger partial charge in [0, 0.05) is 24.8 Å². The molecule has 2 aromatic rings. The fourth-order valence-corrected chi connectivity index (χ4v) is 2.83. The van der Waals surface area contributed by atoms with Gasteiger partial charge >= 0.3 is 6.18 Å². The van der Waals surface area contributed by atoms with Gasteiger partial charge in [-0.25, -0.2) is 4.98 Å². The minimum absolute atomic E-state index is 0. The number of benzene rings is 1. The highest BCUT2D eigenvalue weighted by Gasteiger charge is 2.28. The molecule has 0 spiro atoms. The van der Waals surface area contributed by atoms with Crippen LogP contribution in [0.15, 0.2) is 42.6 Å². The van der Waals surface area contributed by atoms with Crippen molar-refractivity contribution in [3.05, 3.63) is 59.3 Å². The standard InChI is InChI=1S/C18H18F3N3O2.ClH/c19-18(20,21)11-26-16-6-5-13(9-23-16)17(25)24-10-15-14-4-2-1-3-12(14)7-8-22-15;/h1-6,9,15,22H,7-8,10-11H2,(H,24,25);1H. The zero-order chi connectivity index (χ0) is 18.6. The first kappa shape index (κ1) is 21.0. The summed E-state index contributed by atoms with van der Waals surface area (Å²) in [5.74, 6) is -0.522. The summed E-state index contributed by atoms with van der Waals surface area (Å²) in [6.07, 6.45) is -2.28.